The van der Waals surface area contributed by atoms with Gasteiger partial charge in [0.2, 0.25) is 0 Å². The minimum Gasteiger partial charge on any atom is -0.360 e. The topological polar surface area (TPSA) is 43.1 Å². The van der Waals surface area contributed by atoms with Crippen LogP contribution in [-0.4, -0.2) is 11.4 Å². The summed E-state index contributed by atoms with van der Waals surface area (Å²) in [5, 5.41) is 3.73. The highest BCUT2D eigenvalue weighted by Gasteiger charge is 2.04. The van der Waals surface area contributed by atoms with Gasteiger partial charge in [0, 0.05) is 0 Å². The van der Waals surface area contributed by atoms with Gasteiger partial charge in [0.1, 0.15) is 12.0 Å². The Bertz CT molecular complexity index is 322. The highest BCUT2D eigenvalue weighted by atomic mass is 16.5. The van der Waals surface area contributed by atoms with Gasteiger partial charge in [0.25, 0.3) is 0 Å². The lowest BCUT2D eigenvalue weighted by molar-refractivity contribution is -0.107. The first-order chi connectivity index (χ1) is 5.75. The summed E-state index contributed by atoms with van der Waals surface area (Å²) in [5.41, 5.74) is 1.56. The van der Waals surface area contributed by atoms with E-state index in [9.17, 15) is 4.79 Å². The van der Waals surface area contributed by atoms with Gasteiger partial charge in [-0.25, -0.2) is 0 Å². The number of carbonyl (C=O) groups excluding carboxylic acids is 1. The molecule has 1 rings (SSSR count). The van der Waals surface area contributed by atoms with Crippen molar-refractivity contribution in [1.29, 1.82) is 0 Å². The van der Waals surface area contributed by atoms with Crippen molar-refractivity contribution in [2.24, 2.45) is 0 Å². The first kappa shape index (κ1) is 8.54. The van der Waals surface area contributed by atoms with Crippen LogP contribution in [-0.2, 0) is 4.79 Å². The summed E-state index contributed by atoms with van der Waals surface area (Å²) in [4.78, 5) is 9.96. The van der Waals surface area contributed by atoms with E-state index >= 15 is 0 Å². The lowest BCUT2D eigenvalue weighted by Gasteiger charge is -1.82. The van der Waals surface area contributed by atoms with Crippen LogP contribution in [0.4, 0.5) is 0 Å². The molecule has 0 aliphatic carbocycles. The van der Waals surface area contributed by atoms with E-state index in [1.807, 2.05) is 6.92 Å². The van der Waals surface area contributed by atoms with E-state index in [0.29, 0.717) is 5.76 Å². The van der Waals surface area contributed by atoms with Crippen LogP contribution in [0.25, 0.3) is 0 Å². The molecule has 0 saturated heterocycles. The van der Waals surface area contributed by atoms with Crippen molar-refractivity contribution in [1.82, 2.24) is 5.16 Å². The normalized spacial score (nSPS) is 8.83. The van der Waals surface area contributed by atoms with Gasteiger partial charge in [-0.2, -0.15) is 0 Å². The second-order valence-corrected chi connectivity index (χ2v) is 2.37. The number of aryl methyl sites for hydroxylation is 2. The zero-order valence-electron chi connectivity index (χ0n) is 7.05. The van der Waals surface area contributed by atoms with Crippen LogP contribution >= 0.6 is 0 Å². The first-order valence-corrected chi connectivity index (χ1v) is 3.61. The van der Waals surface area contributed by atoms with Crippen LogP contribution in [0.5, 0.6) is 0 Å². The van der Waals surface area contributed by atoms with Crippen LogP contribution in [0.3, 0.4) is 0 Å². The third-order valence-electron chi connectivity index (χ3n) is 1.43. The zero-order chi connectivity index (χ0) is 8.97. The predicted octanol–water partition coefficient (Wildman–Crippen LogP) is 1.23. The molecule has 0 saturated carbocycles. The fourth-order valence-corrected chi connectivity index (χ4v) is 0.843. The maximum Gasteiger partial charge on any atom is 0.149 e. The van der Waals surface area contributed by atoms with Crippen LogP contribution in [0.2, 0.25) is 0 Å². The summed E-state index contributed by atoms with van der Waals surface area (Å²) in [6, 6.07) is 0. The van der Waals surface area contributed by atoms with E-state index in [1.165, 1.54) is 0 Å². The molecule has 0 unspecified atom stereocenters. The Morgan fingerprint density at radius 2 is 2.33 bits per heavy atom. The Labute approximate surface area is 70.7 Å². The minimum absolute atomic E-state index is 0.254. The van der Waals surface area contributed by atoms with Crippen molar-refractivity contribution in [3.8, 4) is 11.8 Å². The third kappa shape index (κ3) is 1.73. The van der Waals surface area contributed by atoms with Gasteiger partial charge in [0.15, 0.2) is 0 Å². The van der Waals surface area contributed by atoms with Gasteiger partial charge in [-0.15, -0.1) is 0 Å². The molecule has 0 bridgehead atoms. The summed E-state index contributed by atoms with van der Waals surface area (Å²) in [7, 11) is 0. The van der Waals surface area contributed by atoms with E-state index in [2.05, 4.69) is 17.0 Å². The Kier molecular flexibility index (Phi) is 2.65. The van der Waals surface area contributed by atoms with E-state index in [-0.39, 0.29) is 6.42 Å². The lowest BCUT2D eigenvalue weighted by atomic mass is 10.2. The maximum atomic E-state index is 9.96. The molecule has 12 heavy (non-hydrogen) atoms. The monoisotopic (exact) mass is 163 g/mol. The third-order valence-corrected chi connectivity index (χ3v) is 1.43. The Balaban J connectivity index is 2.89. The SMILES string of the molecule is Cc1noc(C)c1C#CCC=O. The number of carbonyl (C=O) groups is 1. The van der Waals surface area contributed by atoms with Gasteiger partial charge in [0.05, 0.1) is 17.7 Å². The van der Waals surface area contributed by atoms with Gasteiger partial charge in [-0.3, -0.25) is 0 Å². The molecule has 0 spiro atoms. The minimum atomic E-state index is 0.254. The molecule has 1 aromatic heterocycles. The van der Waals surface area contributed by atoms with Crippen molar-refractivity contribution in [2.45, 2.75) is 20.3 Å². The van der Waals surface area contributed by atoms with Crippen LogP contribution in [0.1, 0.15) is 23.4 Å². The van der Waals surface area contributed by atoms with Gasteiger partial charge >= 0.3 is 0 Å². The highest BCUT2D eigenvalue weighted by Crippen LogP contribution is 2.09. The highest BCUT2D eigenvalue weighted by molar-refractivity contribution is 5.55. The molecule has 3 heteroatoms. The quantitative estimate of drug-likeness (QED) is 0.462. The second kappa shape index (κ2) is 3.72. The predicted molar refractivity (Wildman–Crippen MR) is 43.5 cm³/mol. The van der Waals surface area contributed by atoms with Crippen LogP contribution in [0.15, 0.2) is 4.52 Å². The van der Waals surface area contributed by atoms with Crippen molar-refractivity contribution < 1.29 is 9.32 Å². The molecule has 3 nitrogen and oxygen atoms in total. The zero-order valence-corrected chi connectivity index (χ0v) is 7.05. The summed E-state index contributed by atoms with van der Waals surface area (Å²) in [5.74, 6) is 6.23. The molecule has 0 amide bonds. The molecule has 0 radical (unpaired) electrons. The molecule has 0 aliphatic rings. The van der Waals surface area contributed by atoms with E-state index < -0.39 is 0 Å². The summed E-state index contributed by atoms with van der Waals surface area (Å²) in [6.45, 7) is 3.62. The Hall–Kier alpha value is -1.56. The summed E-state index contributed by atoms with van der Waals surface area (Å²) >= 11 is 0. The number of aromatic nitrogens is 1. The van der Waals surface area contributed by atoms with Gasteiger partial charge in [-0.05, 0) is 13.8 Å². The van der Waals surface area contributed by atoms with Crippen molar-refractivity contribution in [3.05, 3.63) is 17.0 Å². The molecule has 62 valence electrons. The second-order valence-electron chi connectivity index (χ2n) is 2.37. The number of hydrogen-bond acceptors (Lipinski definition) is 3. The van der Waals surface area contributed by atoms with E-state index in [0.717, 1.165) is 17.5 Å². The average Bonchev–Trinajstić information content (AvgIpc) is 2.35. The van der Waals surface area contributed by atoms with Gasteiger partial charge in [-0.1, -0.05) is 17.0 Å². The Morgan fingerprint density at radius 3 is 2.83 bits per heavy atom. The molecule has 0 fully saturated rings. The molecule has 1 aromatic rings. The van der Waals surface area contributed by atoms with E-state index in [4.69, 9.17) is 4.52 Å². The molecule has 0 aromatic carbocycles. The average molecular weight is 163 g/mol. The molecule has 0 N–H and O–H groups in total. The van der Waals surface area contributed by atoms with Gasteiger partial charge < -0.3 is 9.32 Å². The number of aldehydes is 1. The molecule has 0 atom stereocenters. The maximum absolute atomic E-state index is 9.96. The van der Waals surface area contributed by atoms with Crippen LogP contribution < -0.4 is 0 Å². The fraction of sp³-hybridized carbons (Fsp3) is 0.333. The standard InChI is InChI=1S/C9H9NO2/c1-7-9(5-3-4-6-11)8(2)12-10-7/h6H,4H2,1-2H3. The first-order valence-electron chi connectivity index (χ1n) is 3.61. The number of nitrogens with zero attached hydrogens (tertiary/aromatic N) is 1. The largest absolute Gasteiger partial charge is 0.360 e. The molecular weight excluding hydrogens is 154 g/mol. The Morgan fingerprint density at radius 1 is 1.58 bits per heavy atom. The molecule has 0 aliphatic heterocycles. The van der Waals surface area contributed by atoms with Crippen molar-refractivity contribution in [3.63, 3.8) is 0 Å². The number of rotatable bonds is 1. The summed E-state index contributed by atoms with van der Waals surface area (Å²) < 4.78 is 4.89. The lowest BCUT2D eigenvalue weighted by Crippen LogP contribution is -1.78. The molecule has 1 heterocycles. The number of hydrogen-bond donors (Lipinski definition) is 0. The molecular formula is C9H9NO2. The van der Waals surface area contributed by atoms with E-state index in [1.54, 1.807) is 6.92 Å². The fourth-order valence-electron chi connectivity index (χ4n) is 0.843. The summed E-state index contributed by atoms with van der Waals surface area (Å²) in [6.07, 6.45) is 1.02. The van der Waals surface area contributed by atoms with Crippen molar-refractivity contribution in [2.75, 3.05) is 0 Å². The smallest absolute Gasteiger partial charge is 0.149 e. The van der Waals surface area contributed by atoms with Crippen molar-refractivity contribution >= 4 is 6.29 Å². The van der Waals surface area contributed by atoms with Crippen LogP contribution in [0, 0.1) is 25.7 Å².